The number of anilines is 2. The van der Waals surface area contributed by atoms with Crippen LogP contribution < -0.4 is 10.6 Å². The summed E-state index contributed by atoms with van der Waals surface area (Å²) in [6.45, 7) is 4.21. The maximum absolute atomic E-state index is 4.65. The molecule has 0 atom stereocenters. The van der Waals surface area contributed by atoms with Crippen LogP contribution in [0, 0.1) is 0 Å². The van der Waals surface area contributed by atoms with E-state index in [1.807, 2.05) is 24.3 Å². The van der Waals surface area contributed by atoms with Gasteiger partial charge in [-0.2, -0.15) is 4.98 Å². The molecular weight excluding hydrogens is 274 g/mol. The number of aromatic nitrogens is 3. The predicted octanol–water partition coefficient (Wildman–Crippen LogP) is 3.71. The summed E-state index contributed by atoms with van der Waals surface area (Å²) >= 11 is 0. The molecule has 0 aliphatic heterocycles. The molecular formula is C17H23N5. The number of rotatable bonds is 5. The topological polar surface area (TPSA) is 62.7 Å². The van der Waals surface area contributed by atoms with Gasteiger partial charge in [-0.25, -0.2) is 4.98 Å². The first-order valence-electron chi connectivity index (χ1n) is 8.04. The second-order valence-electron chi connectivity index (χ2n) is 6.10. The minimum Gasteiger partial charge on any atom is -0.368 e. The van der Waals surface area contributed by atoms with Crippen molar-refractivity contribution in [2.75, 3.05) is 10.6 Å². The molecule has 2 aromatic rings. The van der Waals surface area contributed by atoms with E-state index >= 15 is 0 Å². The quantitative estimate of drug-likeness (QED) is 0.880. The smallest absolute Gasteiger partial charge is 0.225 e. The zero-order valence-electron chi connectivity index (χ0n) is 13.2. The zero-order chi connectivity index (χ0) is 15.4. The van der Waals surface area contributed by atoms with Gasteiger partial charge in [-0.05, 0) is 38.8 Å². The lowest BCUT2D eigenvalue weighted by Gasteiger charge is -2.15. The lowest BCUT2D eigenvalue weighted by Crippen LogP contribution is -2.18. The van der Waals surface area contributed by atoms with Gasteiger partial charge in [-0.1, -0.05) is 18.9 Å². The molecule has 0 bridgehead atoms. The predicted molar refractivity (Wildman–Crippen MR) is 89.9 cm³/mol. The summed E-state index contributed by atoms with van der Waals surface area (Å²) in [7, 11) is 0. The lowest BCUT2D eigenvalue weighted by atomic mass is 10.2. The second-order valence-corrected chi connectivity index (χ2v) is 6.10. The van der Waals surface area contributed by atoms with Gasteiger partial charge in [0.05, 0.1) is 11.4 Å². The van der Waals surface area contributed by atoms with E-state index in [0.717, 1.165) is 17.2 Å². The van der Waals surface area contributed by atoms with Gasteiger partial charge in [0.2, 0.25) is 5.95 Å². The highest BCUT2D eigenvalue weighted by Gasteiger charge is 2.17. The molecule has 2 N–H and O–H groups in total. The molecule has 2 heterocycles. The summed E-state index contributed by atoms with van der Waals surface area (Å²) in [6, 6.07) is 8.64. The molecule has 0 spiro atoms. The third-order valence-corrected chi connectivity index (χ3v) is 3.78. The van der Waals surface area contributed by atoms with Crippen molar-refractivity contribution in [3.05, 3.63) is 30.5 Å². The molecule has 22 heavy (non-hydrogen) atoms. The van der Waals surface area contributed by atoms with Crippen LogP contribution in [0.25, 0.3) is 11.4 Å². The zero-order valence-corrected chi connectivity index (χ0v) is 13.2. The fourth-order valence-corrected chi connectivity index (χ4v) is 2.78. The number of nitrogens with one attached hydrogen (secondary N) is 2. The van der Waals surface area contributed by atoms with Crippen LogP contribution in [0.4, 0.5) is 11.8 Å². The Labute approximate surface area is 131 Å². The summed E-state index contributed by atoms with van der Waals surface area (Å²) in [6.07, 6.45) is 6.76. The van der Waals surface area contributed by atoms with Gasteiger partial charge in [0.1, 0.15) is 5.82 Å². The second kappa shape index (κ2) is 6.73. The van der Waals surface area contributed by atoms with Gasteiger partial charge in [0.25, 0.3) is 0 Å². The number of nitrogens with zero attached hydrogens (tertiary/aromatic N) is 3. The molecule has 1 aliphatic rings. The van der Waals surface area contributed by atoms with E-state index in [4.69, 9.17) is 0 Å². The van der Waals surface area contributed by atoms with Crippen molar-refractivity contribution >= 4 is 11.8 Å². The summed E-state index contributed by atoms with van der Waals surface area (Å²) in [4.78, 5) is 13.6. The molecule has 0 saturated heterocycles. The standard InChI is InChI=1S/C17H23N5/c1-12(2)19-16-11-15(14-9-5-6-10-18-14)21-17(22-16)20-13-7-3-4-8-13/h5-6,9-13H,3-4,7-8H2,1-2H3,(H2,19,20,21,22). The molecule has 5 heteroatoms. The Hall–Kier alpha value is -2.17. The number of hydrogen-bond donors (Lipinski definition) is 2. The van der Waals surface area contributed by atoms with E-state index in [1.165, 1.54) is 25.7 Å². The normalized spacial score (nSPS) is 15.2. The maximum Gasteiger partial charge on any atom is 0.225 e. The van der Waals surface area contributed by atoms with Crippen LogP contribution in [-0.4, -0.2) is 27.0 Å². The molecule has 5 nitrogen and oxygen atoms in total. The molecule has 1 aliphatic carbocycles. The van der Waals surface area contributed by atoms with Gasteiger partial charge >= 0.3 is 0 Å². The van der Waals surface area contributed by atoms with E-state index in [0.29, 0.717) is 18.0 Å². The van der Waals surface area contributed by atoms with E-state index in [2.05, 4.69) is 39.4 Å². The Kier molecular flexibility index (Phi) is 4.51. The minimum absolute atomic E-state index is 0.325. The molecule has 0 radical (unpaired) electrons. The summed E-state index contributed by atoms with van der Waals surface area (Å²) in [5.74, 6) is 1.53. The van der Waals surface area contributed by atoms with Crippen molar-refractivity contribution in [1.82, 2.24) is 15.0 Å². The Morgan fingerprint density at radius 2 is 1.91 bits per heavy atom. The van der Waals surface area contributed by atoms with Crippen molar-refractivity contribution in [3.63, 3.8) is 0 Å². The SMILES string of the molecule is CC(C)Nc1cc(-c2ccccn2)nc(NC2CCCC2)n1. The fourth-order valence-electron chi connectivity index (χ4n) is 2.78. The Balaban J connectivity index is 1.90. The van der Waals surface area contributed by atoms with Gasteiger partial charge in [-0.3, -0.25) is 4.98 Å². The van der Waals surface area contributed by atoms with Crippen LogP contribution in [0.2, 0.25) is 0 Å². The maximum atomic E-state index is 4.65. The summed E-state index contributed by atoms with van der Waals surface area (Å²) in [5, 5.41) is 6.84. The minimum atomic E-state index is 0.325. The number of pyridine rings is 1. The summed E-state index contributed by atoms with van der Waals surface area (Å²) in [5.41, 5.74) is 1.71. The van der Waals surface area contributed by atoms with E-state index in [9.17, 15) is 0 Å². The Bertz CT molecular complexity index is 606. The first kappa shape index (κ1) is 14.8. The van der Waals surface area contributed by atoms with Gasteiger partial charge < -0.3 is 10.6 Å². The molecule has 1 saturated carbocycles. The number of hydrogen-bond acceptors (Lipinski definition) is 5. The van der Waals surface area contributed by atoms with Crippen molar-refractivity contribution in [2.24, 2.45) is 0 Å². The van der Waals surface area contributed by atoms with Crippen LogP contribution in [0.5, 0.6) is 0 Å². The molecule has 0 amide bonds. The highest BCUT2D eigenvalue weighted by molar-refractivity contribution is 5.61. The van der Waals surface area contributed by atoms with Gasteiger partial charge in [-0.15, -0.1) is 0 Å². The van der Waals surface area contributed by atoms with Crippen LogP contribution in [0.3, 0.4) is 0 Å². The largest absolute Gasteiger partial charge is 0.368 e. The monoisotopic (exact) mass is 297 g/mol. The van der Waals surface area contributed by atoms with Crippen LogP contribution >= 0.6 is 0 Å². The molecule has 1 fully saturated rings. The van der Waals surface area contributed by atoms with E-state index in [1.54, 1.807) is 6.20 Å². The van der Waals surface area contributed by atoms with Crippen molar-refractivity contribution in [3.8, 4) is 11.4 Å². The van der Waals surface area contributed by atoms with Crippen molar-refractivity contribution in [2.45, 2.75) is 51.6 Å². The Morgan fingerprint density at radius 3 is 2.59 bits per heavy atom. The van der Waals surface area contributed by atoms with E-state index < -0.39 is 0 Å². The van der Waals surface area contributed by atoms with E-state index in [-0.39, 0.29) is 0 Å². The highest BCUT2D eigenvalue weighted by Crippen LogP contribution is 2.24. The fraction of sp³-hybridized carbons (Fsp3) is 0.471. The molecule has 116 valence electrons. The molecule has 0 unspecified atom stereocenters. The van der Waals surface area contributed by atoms with Gasteiger partial charge in [0.15, 0.2) is 0 Å². The third-order valence-electron chi connectivity index (χ3n) is 3.78. The average Bonchev–Trinajstić information content (AvgIpc) is 3.00. The van der Waals surface area contributed by atoms with Crippen molar-refractivity contribution < 1.29 is 0 Å². The Morgan fingerprint density at radius 1 is 1.09 bits per heavy atom. The summed E-state index contributed by atoms with van der Waals surface area (Å²) < 4.78 is 0. The molecule has 0 aromatic carbocycles. The molecule has 2 aromatic heterocycles. The first-order chi connectivity index (χ1) is 10.7. The first-order valence-corrected chi connectivity index (χ1v) is 8.04. The lowest BCUT2D eigenvalue weighted by molar-refractivity contribution is 0.744. The van der Waals surface area contributed by atoms with Crippen LogP contribution in [0.1, 0.15) is 39.5 Å². The van der Waals surface area contributed by atoms with Gasteiger partial charge in [0, 0.05) is 24.3 Å². The van der Waals surface area contributed by atoms with Crippen LogP contribution in [0.15, 0.2) is 30.5 Å². The van der Waals surface area contributed by atoms with Crippen molar-refractivity contribution in [1.29, 1.82) is 0 Å². The molecule has 3 rings (SSSR count). The highest BCUT2D eigenvalue weighted by atomic mass is 15.2. The third kappa shape index (κ3) is 3.72. The average molecular weight is 297 g/mol. The van der Waals surface area contributed by atoms with Crippen LogP contribution in [-0.2, 0) is 0 Å².